The van der Waals surface area contributed by atoms with Crippen LogP contribution in [0, 0.1) is 0 Å². The minimum Gasteiger partial charge on any atom is -0.493 e. The summed E-state index contributed by atoms with van der Waals surface area (Å²) < 4.78 is 5.86. The molecule has 26 heavy (non-hydrogen) atoms. The molecule has 0 fully saturated rings. The van der Waals surface area contributed by atoms with Gasteiger partial charge in [-0.1, -0.05) is 30.3 Å². The number of carbonyl (C=O) groups is 1. The molecule has 3 nitrogen and oxygen atoms in total. The largest absolute Gasteiger partial charge is 0.493 e. The number of fused-ring (bicyclic) bond motifs is 4. The van der Waals surface area contributed by atoms with Crippen LogP contribution in [0.25, 0.3) is 10.4 Å². The maximum Gasteiger partial charge on any atom is 0.268 e. The van der Waals surface area contributed by atoms with Gasteiger partial charge < -0.3 is 9.64 Å². The molecule has 5 rings (SSSR count). The Morgan fingerprint density at radius 3 is 2.81 bits per heavy atom. The maximum atomic E-state index is 13.3. The fourth-order valence-electron chi connectivity index (χ4n) is 3.88. The second kappa shape index (κ2) is 6.29. The number of thiophene rings is 1. The second-order valence-electron chi connectivity index (χ2n) is 6.75. The van der Waals surface area contributed by atoms with E-state index in [1.165, 1.54) is 16.0 Å². The molecular formula is C22H19NO2S. The van der Waals surface area contributed by atoms with Crippen molar-refractivity contribution in [3.8, 4) is 16.2 Å². The Bertz CT molecular complexity index is 991. The molecule has 3 heterocycles. The van der Waals surface area contributed by atoms with Crippen LogP contribution in [0.2, 0.25) is 0 Å². The first-order chi connectivity index (χ1) is 12.8. The van der Waals surface area contributed by atoms with Crippen LogP contribution < -0.4 is 9.64 Å². The number of para-hydroxylation sites is 2. The fourth-order valence-corrected chi connectivity index (χ4v) is 5.07. The van der Waals surface area contributed by atoms with E-state index in [1.807, 2.05) is 29.2 Å². The number of rotatable bonds is 1. The molecule has 2 aliphatic heterocycles. The normalized spacial score (nSPS) is 15.3. The van der Waals surface area contributed by atoms with Gasteiger partial charge >= 0.3 is 0 Å². The lowest BCUT2D eigenvalue weighted by atomic mass is 10.0. The summed E-state index contributed by atoms with van der Waals surface area (Å²) in [7, 11) is 0. The standard InChI is InChI=1S/C22H19NO2S/c24-22(23-12-5-7-15-6-1-3-9-18(15)23)20-14-16-11-13-25-19-10-4-2-8-17(19)21(16)26-20/h1-4,6,8-10,14H,5,7,11-13H2. The van der Waals surface area contributed by atoms with E-state index >= 15 is 0 Å². The third kappa shape index (κ3) is 2.53. The Balaban J connectivity index is 1.55. The lowest BCUT2D eigenvalue weighted by Gasteiger charge is -2.29. The highest BCUT2D eigenvalue weighted by Crippen LogP contribution is 2.41. The smallest absolute Gasteiger partial charge is 0.268 e. The van der Waals surface area contributed by atoms with Crippen LogP contribution in [0.1, 0.15) is 27.2 Å². The highest BCUT2D eigenvalue weighted by atomic mass is 32.1. The number of hydrogen-bond donors (Lipinski definition) is 0. The van der Waals surface area contributed by atoms with Crippen molar-refractivity contribution in [2.24, 2.45) is 0 Å². The van der Waals surface area contributed by atoms with Crippen molar-refractivity contribution in [3.63, 3.8) is 0 Å². The summed E-state index contributed by atoms with van der Waals surface area (Å²) in [5.41, 5.74) is 4.65. The Morgan fingerprint density at radius 2 is 1.85 bits per heavy atom. The molecule has 3 aromatic rings. The van der Waals surface area contributed by atoms with E-state index in [0.717, 1.165) is 47.7 Å². The molecule has 0 spiro atoms. The fraction of sp³-hybridized carbons (Fsp3) is 0.227. The van der Waals surface area contributed by atoms with Crippen LogP contribution in [-0.4, -0.2) is 19.1 Å². The zero-order chi connectivity index (χ0) is 17.5. The molecule has 2 aliphatic rings. The molecule has 0 saturated carbocycles. The lowest BCUT2D eigenvalue weighted by molar-refractivity contribution is 0.0989. The zero-order valence-corrected chi connectivity index (χ0v) is 15.2. The third-order valence-electron chi connectivity index (χ3n) is 5.14. The molecule has 0 saturated heterocycles. The topological polar surface area (TPSA) is 29.5 Å². The molecule has 0 unspecified atom stereocenters. The van der Waals surface area contributed by atoms with Gasteiger partial charge in [-0.2, -0.15) is 0 Å². The summed E-state index contributed by atoms with van der Waals surface area (Å²) in [6, 6.07) is 18.4. The summed E-state index contributed by atoms with van der Waals surface area (Å²) in [4.78, 5) is 17.2. The van der Waals surface area contributed by atoms with Crippen LogP contribution in [0.15, 0.2) is 54.6 Å². The minimum atomic E-state index is 0.119. The van der Waals surface area contributed by atoms with Crippen molar-refractivity contribution in [2.75, 3.05) is 18.1 Å². The molecule has 0 radical (unpaired) electrons. The molecule has 0 bridgehead atoms. The molecule has 130 valence electrons. The third-order valence-corrected chi connectivity index (χ3v) is 6.33. The average molecular weight is 361 g/mol. The Labute approximate surface area is 156 Å². The Hall–Kier alpha value is -2.59. The van der Waals surface area contributed by atoms with Gasteiger partial charge in [0.05, 0.1) is 11.5 Å². The summed E-state index contributed by atoms with van der Waals surface area (Å²) >= 11 is 1.60. The van der Waals surface area contributed by atoms with Gasteiger partial charge in [0.2, 0.25) is 0 Å². The van der Waals surface area contributed by atoms with Gasteiger partial charge in [-0.05, 0) is 48.2 Å². The lowest BCUT2D eigenvalue weighted by Crippen LogP contribution is -2.34. The summed E-state index contributed by atoms with van der Waals surface area (Å²) in [5, 5.41) is 0. The van der Waals surface area contributed by atoms with Gasteiger partial charge in [-0.15, -0.1) is 11.3 Å². The monoisotopic (exact) mass is 361 g/mol. The van der Waals surface area contributed by atoms with Crippen LogP contribution in [0.3, 0.4) is 0 Å². The molecule has 2 aromatic carbocycles. The minimum absolute atomic E-state index is 0.119. The molecular weight excluding hydrogens is 342 g/mol. The molecule has 0 N–H and O–H groups in total. The summed E-state index contributed by atoms with van der Waals surface area (Å²) in [6.07, 6.45) is 2.90. The van der Waals surface area contributed by atoms with E-state index in [-0.39, 0.29) is 5.91 Å². The van der Waals surface area contributed by atoms with Gasteiger partial charge in [-0.3, -0.25) is 4.79 Å². The highest BCUT2D eigenvalue weighted by Gasteiger charge is 2.27. The van der Waals surface area contributed by atoms with Gasteiger partial charge in [0.1, 0.15) is 5.75 Å². The van der Waals surface area contributed by atoms with Crippen LogP contribution in [0.5, 0.6) is 5.75 Å². The Kier molecular flexibility index (Phi) is 3.79. The molecule has 1 amide bonds. The number of hydrogen-bond acceptors (Lipinski definition) is 3. The average Bonchev–Trinajstić information content (AvgIpc) is 3.04. The van der Waals surface area contributed by atoms with Crippen molar-refractivity contribution in [1.29, 1.82) is 0 Å². The highest BCUT2D eigenvalue weighted by molar-refractivity contribution is 7.17. The van der Waals surface area contributed by atoms with E-state index in [0.29, 0.717) is 6.61 Å². The summed E-state index contributed by atoms with van der Waals surface area (Å²) in [5.74, 6) is 1.03. The number of ether oxygens (including phenoxy) is 1. The van der Waals surface area contributed by atoms with Crippen molar-refractivity contribution in [1.82, 2.24) is 0 Å². The number of benzene rings is 2. The predicted molar refractivity (Wildman–Crippen MR) is 105 cm³/mol. The quantitative estimate of drug-likeness (QED) is 0.614. The van der Waals surface area contributed by atoms with Crippen LogP contribution in [0.4, 0.5) is 5.69 Å². The van der Waals surface area contributed by atoms with Crippen LogP contribution in [-0.2, 0) is 12.8 Å². The second-order valence-corrected chi connectivity index (χ2v) is 7.80. The number of aryl methyl sites for hydroxylation is 1. The van der Waals surface area contributed by atoms with Crippen molar-refractivity contribution in [2.45, 2.75) is 19.3 Å². The van der Waals surface area contributed by atoms with E-state index in [2.05, 4.69) is 30.3 Å². The zero-order valence-electron chi connectivity index (χ0n) is 14.4. The van der Waals surface area contributed by atoms with E-state index in [1.54, 1.807) is 11.3 Å². The molecule has 4 heteroatoms. The number of carbonyl (C=O) groups excluding carboxylic acids is 1. The van der Waals surface area contributed by atoms with E-state index in [9.17, 15) is 4.79 Å². The molecule has 0 atom stereocenters. The van der Waals surface area contributed by atoms with E-state index in [4.69, 9.17) is 4.74 Å². The number of amides is 1. The van der Waals surface area contributed by atoms with Gasteiger partial charge in [0.15, 0.2) is 0 Å². The van der Waals surface area contributed by atoms with Crippen molar-refractivity contribution in [3.05, 3.63) is 70.6 Å². The van der Waals surface area contributed by atoms with Crippen molar-refractivity contribution < 1.29 is 9.53 Å². The summed E-state index contributed by atoms with van der Waals surface area (Å²) in [6.45, 7) is 1.44. The molecule has 0 aliphatic carbocycles. The van der Waals surface area contributed by atoms with Gasteiger partial charge in [-0.25, -0.2) is 0 Å². The predicted octanol–water partition coefficient (Wildman–Crippen LogP) is 4.94. The Morgan fingerprint density at radius 1 is 1.00 bits per heavy atom. The number of anilines is 1. The molecule has 1 aromatic heterocycles. The maximum absolute atomic E-state index is 13.3. The van der Waals surface area contributed by atoms with Gasteiger partial charge in [0, 0.05) is 29.1 Å². The van der Waals surface area contributed by atoms with Crippen LogP contribution >= 0.6 is 11.3 Å². The number of nitrogens with zero attached hydrogens (tertiary/aromatic N) is 1. The first-order valence-electron chi connectivity index (χ1n) is 9.06. The van der Waals surface area contributed by atoms with E-state index < -0.39 is 0 Å². The first-order valence-corrected chi connectivity index (χ1v) is 9.87. The SMILES string of the molecule is O=C(c1cc2c(s1)-c1ccccc1OCC2)N1CCCc2ccccc21. The first kappa shape index (κ1) is 15.6. The van der Waals surface area contributed by atoms with Gasteiger partial charge in [0.25, 0.3) is 5.91 Å². The van der Waals surface area contributed by atoms with Crippen molar-refractivity contribution >= 4 is 22.9 Å².